The second-order valence-corrected chi connectivity index (χ2v) is 7.56. The smallest absolute Gasteiger partial charge is 0.127 e. The van der Waals surface area contributed by atoms with Gasteiger partial charge in [-0.3, -0.25) is 0 Å². The summed E-state index contributed by atoms with van der Waals surface area (Å²) in [4.78, 5) is 0.707. The van der Waals surface area contributed by atoms with Crippen LogP contribution in [0.1, 0.15) is 59.3 Å². The third kappa shape index (κ3) is 3.59. The topological polar surface area (TPSA) is 44.0 Å². The Morgan fingerprint density at radius 3 is 2.70 bits per heavy atom. The number of fused-ring (bicyclic) bond motifs is 1. The van der Waals surface area contributed by atoms with Crippen LogP contribution < -0.4 is 0 Å². The zero-order valence-corrected chi connectivity index (χ0v) is 15.9. The van der Waals surface area contributed by atoms with E-state index in [1.807, 2.05) is 6.07 Å². The summed E-state index contributed by atoms with van der Waals surface area (Å²) >= 11 is 4.43. The van der Waals surface area contributed by atoms with Crippen LogP contribution in [0.15, 0.2) is 29.2 Å². The van der Waals surface area contributed by atoms with Gasteiger partial charge in [0.2, 0.25) is 0 Å². The number of rotatable bonds is 4. The van der Waals surface area contributed by atoms with Crippen molar-refractivity contribution < 1.29 is 18.3 Å². The van der Waals surface area contributed by atoms with E-state index in [1.54, 1.807) is 19.1 Å². The largest absolute Gasteiger partial charge is 0.385 e. The van der Waals surface area contributed by atoms with Crippen LogP contribution in [0.2, 0.25) is 0 Å². The fourth-order valence-electron chi connectivity index (χ4n) is 3.82. The van der Waals surface area contributed by atoms with Crippen LogP contribution >= 0.6 is 12.6 Å². The van der Waals surface area contributed by atoms with Gasteiger partial charge in [-0.05, 0) is 59.4 Å². The monoisotopic (exact) mass is 391 g/mol. The molecule has 4 unspecified atom stereocenters. The lowest BCUT2D eigenvalue weighted by Gasteiger charge is -2.20. The Bertz CT molecular complexity index is 923. The van der Waals surface area contributed by atoms with E-state index in [4.69, 9.17) is 0 Å². The van der Waals surface area contributed by atoms with Crippen molar-refractivity contribution in [3.63, 3.8) is 0 Å². The molecule has 1 N–H and O–H groups in total. The van der Waals surface area contributed by atoms with E-state index >= 15 is 0 Å². The number of thiol groups is 1. The summed E-state index contributed by atoms with van der Waals surface area (Å²) in [6.45, 7) is 2.98. The van der Waals surface area contributed by atoms with Gasteiger partial charge in [-0.2, -0.15) is 5.26 Å². The van der Waals surface area contributed by atoms with E-state index in [9.17, 15) is 23.5 Å². The number of aliphatic hydroxyl groups is 1. The number of nitrogens with zero attached hydrogens (tertiary/aromatic N) is 1. The maximum atomic E-state index is 14.3. The van der Waals surface area contributed by atoms with E-state index in [0.717, 1.165) is 28.8 Å². The molecule has 0 saturated carbocycles. The molecule has 0 aromatic heterocycles. The van der Waals surface area contributed by atoms with E-state index in [0.29, 0.717) is 10.5 Å². The highest BCUT2D eigenvalue weighted by Crippen LogP contribution is 2.41. The molecule has 2 aromatic carbocycles. The quantitative estimate of drug-likeness (QED) is 0.723. The van der Waals surface area contributed by atoms with Crippen molar-refractivity contribution >= 4 is 12.6 Å². The fourth-order valence-corrected chi connectivity index (χ4v) is 4.23. The molecule has 0 radical (unpaired) electrons. The predicted octanol–water partition coefficient (Wildman–Crippen LogP) is 4.97. The minimum Gasteiger partial charge on any atom is -0.385 e. The molecular formula is C21H20F3NOS. The molecule has 3 rings (SSSR count). The van der Waals surface area contributed by atoms with Gasteiger partial charge in [0.05, 0.1) is 11.6 Å². The zero-order chi connectivity index (χ0) is 19.9. The second kappa shape index (κ2) is 7.57. The molecule has 0 fully saturated rings. The lowest BCUT2D eigenvalue weighted by atomic mass is 9.88. The lowest BCUT2D eigenvalue weighted by Crippen LogP contribution is -2.14. The van der Waals surface area contributed by atoms with Gasteiger partial charge in [-0.1, -0.05) is 13.0 Å². The van der Waals surface area contributed by atoms with Gasteiger partial charge in [0.15, 0.2) is 0 Å². The first kappa shape index (κ1) is 19.8. The third-order valence-corrected chi connectivity index (χ3v) is 5.71. The molecule has 0 spiro atoms. The summed E-state index contributed by atoms with van der Waals surface area (Å²) in [5.74, 6) is -0.995. The Morgan fingerprint density at radius 1 is 1.37 bits per heavy atom. The molecule has 27 heavy (non-hydrogen) atoms. The number of nitriles is 1. The molecule has 2 nitrogen and oxygen atoms in total. The summed E-state index contributed by atoms with van der Waals surface area (Å²) in [6, 6.07) is 7.63. The number of hydrogen-bond acceptors (Lipinski definition) is 3. The molecule has 0 saturated heterocycles. The van der Waals surface area contributed by atoms with Crippen LogP contribution in [0, 0.1) is 17.1 Å². The van der Waals surface area contributed by atoms with Crippen LogP contribution in [-0.2, 0) is 12.8 Å². The molecule has 0 amide bonds. The average Bonchev–Trinajstić information content (AvgIpc) is 2.93. The van der Waals surface area contributed by atoms with Crippen molar-refractivity contribution in [1.82, 2.24) is 0 Å². The second-order valence-electron chi connectivity index (χ2n) is 7.08. The van der Waals surface area contributed by atoms with Gasteiger partial charge in [-0.15, -0.1) is 12.6 Å². The molecule has 1 aliphatic carbocycles. The number of alkyl halides is 2. The summed E-state index contributed by atoms with van der Waals surface area (Å²) in [7, 11) is 0. The van der Waals surface area contributed by atoms with E-state index in [-0.39, 0.29) is 29.9 Å². The van der Waals surface area contributed by atoms with Crippen molar-refractivity contribution in [3.8, 4) is 6.07 Å². The minimum absolute atomic E-state index is 0.0382. The highest BCUT2D eigenvalue weighted by atomic mass is 32.1. The van der Waals surface area contributed by atoms with E-state index in [1.165, 1.54) is 6.92 Å². The van der Waals surface area contributed by atoms with Gasteiger partial charge in [0.25, 0.3) is 0 Å². The number of aliphatic hydroxyl groups excluding tert-OH is 1. The number of hydrogen-bond donors (Lipinski definition) is 2. The molecule has 142 valence electrons. The van der Waals surface area contributed by atoms with Gasteiger partial charge in [0, 0.05) is 17.2 Å². The molecular weight excluding hydrogens is 371 g/mol. The number of benzene rings is 2. The third-order valence-electron chi connectivity index (χ3n) is 5.32. The van der Waals surface area contributed by atoms with Gasteiger partial charge in [-0.25, -0.2) is 13.2 Å². The minimum atomic E-state index is -1.63. The zero-order valence-electron chi connectivity index (χ0n) is 15.0. The molecule has 0 bridgehead atoms. The summed E-state index contributed by atoms with van der Waals surface area (Å²) < 4.78 is 41.9. The Hall–Kier alpha value is -1.97. The van der Waals surface area contributed by atoms with Crippen molar-refractivity contribution in [2.45, 2.75) is 55.9 Å². The van der Waals surface area contributed by atoms with Crippen molar-refractivity contribution in [2.75, 3.05) is 0 Å². The maximum absolute atomic E-state index is 14.3. The average molecular weight is 391 g/mol. The van der Waals surface area contributed by atoms with E-state index < -0.39 is 24.3 Å². The van der Waals surface area contributed by atoms with Crippen LogP contribution in [0.25, 0.3) is 0 Å². The van der Waals surface area contributed by atoms with Crippen LogP contribution in [0.3, 0.4) is 0 Å². The standard InChI is InChI=1S/C21H20F3NOS/c1-10-18(24)8-16-12(3-4-19(27)20(10)16)6-15-13(9-25)5-14(23)7-17(15)21(26)11(2)22/h3-5,7,10-11,18,21,26-27H,6,8H2,1-2H3. The first-order valence-corrected chi connectivity index (χ1v) is 9.21. The van der Waals surface area contributed by atoms with Crippen molar-refractivity contribution in [2.24, 2.45) is 0 Å². The summed E-state index contributed by atoms with van der Waals surface area (Å²) in [5, 5.41) is 19.6. The van der Waals surface area contributed by atoms with Crippen LogP contribution in [0.5, 0.6) is 0 Å². The molecule has 4 atom stereocenters. The van der Waals surface area contributed by atoms with Crippen molar-refractivity contribution in [1.29, 1.82) is 5.26 Å². The van der Waals surface area contributed by atoms with Crippen molar-refractivity contribution in [3.05, 3.63) is 63.5 Å². The van der Waals surface area contributed by atoms with Gasteiger partial charge >= 0.3 is 0 Å². The Kier molecular flexibility index (Phi) is 5.55. The highest BCUT2D eigenvalue weighted by molar-refractivity contribution is 7.80. The Morgan fingerprint density at radius 2 is 2.07 bits per heavy atom. The Balaban J connectivity index is 2.14. The molecule has 0 heterocycles. The molecule has 6 heteroatoms. The summed E-state index contributed by atoms with van der Waals surface area (Å²) in [5.41, 5.74) is 2.89. The highest BCUT2D eigenvalue weighted by Gasteiger charge is 2.33. The van der Waals surface area contributed by atoms with Crippen LogP contribution in [0.4, 0.5) is 13.2 Å². The van der Waals surface area contributed by atoms with Gasteiger partial charge < -0.3 is 5.11 Å². The first-order chi connectivity index (χ1) is 12.7. The SMILES string of the molecule is CC(F)C(O)c1cc(F)cc(C#N)c1Cc1ccc(S)c2c1CC(F)C2C. The van der Waals surface area contributed by atoms with Crippen LogP contribution in [-0.4, -0.2) is 17.4 Å². The fraction of sp³-hybridized carbons (Fsp3) is 0.381. The first-order valence-electron chi connectivity index (χ1n) is 8.76. The van der Waals surface area contributed by atoms with Gasteiger partial charge in [0.1, 0.15) is 24.3 Å². The maximum Gasteiger partial charge on any atom is 0.127 e. The molecule has 1 aliphatic rings. The number of halogens is 3. The lowest BCUT2D eigenvalue weighted by molar-refractivity contribution is 0.0873. The van der Waals surface area contributed by atoms with E-state index in [2.05, 4.69) is 12.6 Å². The molecule has 0 aliphatic heterocycles. The normalized spacial score (nSPS) is 20.8. The molecule has 2 aromatic rings. The summed E-state index contributed by atoms with van der Waals surface area (Å²) in [6.07, 6.45) is -3.78. The predicted molar refractivity (Wildman–Crippen MR) is 100 cm³/mol. The Labute approximate surface area is 162 Å².